The van der Waals surface area contributed by atoms with Gasteiger partial charge in [0.05, 0.1) is 5.57 Å². The third kappa shape index (κ3) is 5.03. The number of rotatable bonds is 3. The Morgan fingerprint density at radius 1 is 1.07 bits per heavy atom. The van der Waals surface area contributed by atoms with Crippen molar-refractivity contribution >= 4 is 11.8 Å². The molecule has 0 amide bonds. The molecule has 0 bridgehead atoms. The summed E-state index contributed by atoms with van der Waals surface area (Å²) in [6, 6.07) is 6.88. The molecule has 1 aliphatic carbocycles. The second kappa shape index (κ2) is 8.91. The highest BCUT2D eigenvalue weighted by Gasteiger charge is 2.49. The van der Waals surface area contributed by atoms with E-state index in [0.29, 0.717) is 5.56 Å². The van der Waals surface area contributed by atoms with Gasteiger partial charge < -0.3 is 14.9 Å². The van der Waals surface area contributed by atoms with E-state index in [1.165, 1.54) is 12.2 Å². The fourth-order valence-corrected chi connectivity index (χ4v) is 2.82. The van der Waals surface area contributed by atoms with Gasteiger partial charge in [0.2, 0.25) is 6.10 Å². The summed E-state index contributed by atoms with van der Waals surface area (Å²) in [4.78, 5) is 23.9. The van der Waals surface area contributed by atoms with Crippen LogP contribution in [0.5, 0.6) is 0 Å². The maximum atomic E-state index is 13.1. The number of ether oxygens (including phenoxy) is 1. The van der Waals surface area contributed by atoms with Crippen molar-refractivity contribution in [2.45, 2.75) is 25.6 Å². The summed E-state index contributed by atoms with van der Waals surface area (Å²) in [6.45, 7) is 1.88. The third-order valence-corrected chi connectivity index (χ3v) is 4.20. The molecule has 154 valence electrons. The number of carbonyl (C=O) groups is 2. The molecule has 1 atom stereocenters. The van der Waals surface area contributed by atoms with E-state index < -0.39 is 23.8 Å². The topological polar surface area (TPSA) is 83.8 Å². The van der Waals surface area contributed by atoms with Crippen LogP contribution in [0.4, 0.5) is 13.2 Å². The Morgan fingerprint density at radius 2 is 1.69 bits per heavy atom. The quantitative estimate of drug-likeness (QED) is 0.742. The zero-order valence-electron chi connectivity index (χ0n) is 15.7. The molecule has 8 heteroatoms. The summed E-state index contributed by atoms with van der Waals surface area (Å²) in [6.07, 6.45) is -1.99. The van der Waals surface area contributed by atoms with Gasteiger partial charge in [0.15, 0.2) is 5.78 Å². The van der Waals surface area contributed by atoms with Crippen LogP contribution >= 0.6 is 0 Å². The summed E-state index contributed by atoms with van der Waals surface area (Å²) >= 11 is 0. The number of carboxylic acids is 1. The minimum atomic E-state index is -4.86. The minimum Gasteiger partial charge on any atom is -0.478 e. The predicted octanol–water partition coefficient (Wildman–Crippen LogP) is 3.90. The Hall–Kier alpha value is -3.13. The van der Waals surface area contributed by atoms with Crippen LogP contribution < -0.4 is 0 Å². The van der Waals surface area contributed by atoms with Gasteiger partial charge >= 0.3 is 12.1 Å². The van der Waals surface area contributed by atoms with Gasteiger partial charge in [0.1, 0.15) is 5.76 Å². The van der Waals surface area contributed by atoms with Crippen LogP contribution in [0.1, 0.15) is 22.3 Å². The molecule has 0 fully saturated rings. The minimum absolute atomic E-state index is 0.0923. The second-order valence-electron chi connectivity index (χ2n) is 6.20. The molecule has 3 rings (SSSR count). The van der Waals surface area contributed by atoms with Crippen LogP contribution in [0.3, 0.4) is 0 Å². The molecule has 29 heavy (non-hydrogen) atoms. The number of benzene rings is 1. The normalized spacial score (nSPS) is 18.3. The molecular weight excluding hydrogens is 389 g/mol. The number of aliphatic hydroxyl groups is 1. The van der Waals surface area contributed by atoms with Gasteiger partial charge in [0.25, 0.3) is 0 Å². The third-order valence-electron chi connectivity index (χ3n) is 4.20. The number of carboxylic acid groups (broad SMARTS) is 1. The molecule has 1 aromatic carbocycles. The second-order valence-corrected chi connectivity index (χ2v) is 6.20. The molecule has 2 N–H and O–H groups in total. The number of carbonyl (C=O) groups excluding carboxylic acids is 1. The zero-order valence-corrected chi connectivity index (χ0v) is 15.7. The lowest BCUT2D eigenvalue weighted by atomic mass is 9.97. The number of alkyl halides is 3. The van der Waals surface area contributed by atoms with E-state index in [4.69, 9.17) is 14.9 Å². The molecule has 0 saturated carbocycles. The fraction of sp³-hybridized carbons (Fsp3) is 0.238. The Kier molecular flexibility index (Phi) is 6.81. The van der Waals surface area contributed by atoms with Crippen molar-refractivity contribution in [1.82, 2.24) is 0 Å². The number of halogens is 3. The SMILES string of the molecule is CO.Cc1ccc(C(=O)C2=CCC=C3OC(C(F)(F)F)C(C(=O)O)=CC3=C2)cc1. The molecule has 1 unspecified atom stereocenters. The Bertz CT molecular complexity index is 919. The van der Waals surface area contributed by atoms with Crippen LogP contribution in [-0.4, -0.2) is 41.4 Å². The van der Waals surface area contributed by atoms with Crippen molar-refractivity contribution in [3.05, 3.63) is 82.2 Å². The number of hydrogen-bond acceptors (Lipinski definition) is 4. The molecule has 2 aliphatic rings. The van der Waals surface area contributed by atoms with Crippen LogP contribution in [-0.2, 0) is 9.53 Å². The maximum Gasteiger partial charge on any atom is 0.430 e. The van der Waals surface area contributed by atoms with Crippen molar-refractivity contribution < 1.29 is 37.7 Å². The number of aryl methyl sites for hydroxylation is 1. The number of ketones is 1. The average Bonchev–Trinajstić information content (AvgIpc) is 2.89. The van der Waals surface area contributed by atoms with Gasteiger partial charge in [0, 0.05) is 23.8 Å². The largest absolute Gasteiger partial charge is 0.478 e. The van der Waals surface area contributed by atoms with E-state index in [-0.39, 0.29) is 29.1 Å². The summed E-state index contributed by atoms with van der Waals surface area (Å²) < 4.78 is 44.3. The first-order chi connectivity index (χ1) is 13.7. The highest BCUT2D eigenvalue weighted by atomic mass is 19.4. The van der Waals surface area contributed by atoms with E-state index in [1.807, 2.05) is 6.92 Å². The number of aliphatic carboxylic acids is 1. The molecule has 5 nitrogen and oxygen atoms in total. The monoisotopic (exact) mass is 408 g/mol. The fourth-order valence-electron chi connectivity index (χ4n) is 2.82. The predicted molar refractivity (Wildman–Crippen MR) is 99.2 cm³/mol. The van der Waals surface area contributed by atoms with Gasteiger partial charge in [-0.3, -0.25) is 4.79 Å². The van der Waals surface area contributed by atoms with Crippen LogP contribution in [0.25, 0.3) is 0 Å². The summed E-state index contributed by atoms with van der Waals surface area (Å²) in [7, 11) is 1.00. The maximum absolute atomic E-state index is 13.1. The lowest BCUT2D eigenvalue weighted by Crippen LogP contribution is -2.38. The van der Waals surface area contributed by atoms with Crippen molar-refractivity contribution in [2.75, 3.05) is 7.11 Å². The van der Waals surface area contributed by atoms with E-state index in [9.17, 15) is 22.8 Å². The number of allylic oxidation sites excluding steroid dienone is 5. The molecule has 1 aromatic rings. The molecular formula is C21H19F3O5. The van der Waals surface area contributed by atoms with E-state index in [1.54, 1.807) is 30.3 Å². The van der Waals surface area contributed by atoms with Gasteiger partial charge in [-0.25, -0.2) is 4.79 Å². The van der Waals surface area contributed by atoms with Crippen LogP contribution in [0.2, 0.25) is 0 Å². The highest BCUT2D eigenvalue weighted by Crippen LogP contribution is 2.38. The summed E-state index contributed by atoms with van der Waals surface area (Å²) in [5.41, 5.74) is 0.873. The van der Waals surface area contributed by atoms with Gasteiger partial charge in [-0.2, -0.15) is 13.2 Å². The summed E-state index contributed by atoms with van der Waals surface area (Å²) in [5, 5.41) is 16.1. The first-order valence-corrected chi connectivity index (χ1v) is 8.53. The van der Waals surface area contributed by atoms with Crippen molar-refractivity contribution in [1.29, 1.82) is 0 Å². The number of Topliss-reactive ketones (excluding diaryl/α,β-unsaturated/α-hetero) is 1. The van der Waals surface area contributed by atoms with E-state index in [0.717, 1.165) is 18.7 Å². The van der Waals surface area contributed by atoms with Gasteiger partial charge in [-0.1, -0.05) is 35.9 Å². The van der Waals surface area contributed by atoms with Crippen LogP contribution in [0, 0.1) is 6.92 Å². The average molecular weight is 408 g/mol. The molecule has 1 aliphatic heterocycles. The number of hydrogen-bond donors (Lipinski definition) is 2. The van der Waals surface area contributed by atoms with Crippen molar-refractivity contribution in [2.24, 2.45) is 0 Å². The Balaban J connectivity index is 0.00000145. The molecule has 0 saturated heterocycles. The first-order valence-electron chi connectivity index (χ1n) is 8.53. The van der Waals surface area contributed by atoms with Gasteiger partial charge in [-0.05, 0) is 31.6 Å². The molecule has 0 aromatic heterocycles. The smallest absolute Gasteiger partial charge is 0.430 e. The highest BCUT2D eigenvalue weighted by molar-refractivity contribution is 6.11. The zero-order chi connectivity index (χ0) is 21.8. The number of fused-ring (bicyclic) bond motifs is 1. The lowest BCUT2D eigenvalue weighted by molar-refractivity contribution is -0.200. The lowest BCUT2D eigenvalue weighted by Gasteiger charge is -2.28. The van der Waals surface area contributed by atoms with E-state index >= 15 is 0 Å². The molecule has 0 spiro atoms. The Labute approximate surface area is 165 Å². The van der Waals surface area contributed by atoms with Gasteiger partial charge in [-0.15, -0.1) is 0 Å². The standard InChI is InChI=1S/C20H15F3O4.CH4O/c1-11-5-7-12(8-6-11)17(24)13-3-2-4-16-14(9-13)10-15(19(25)26)18(27-16)20(21,22)23;1-2/h3-10,18H,2H2,1H3,(H,25,26);2H,1H3. The van der Waals surface area contributed by atoms with Crippen molar-refractivity contribution in [3.8, 4) is 0 Å². The molecule has 0 radical (unpaired) electrons. The summed E-state index contributed by atoms with van der Waals surface area (Å²) in [5.74, 6) is -2.12. The molecule has 1 heterocycles. The van der Waals surface area contributed by atoms with Crippen LogP contribution in [0.15, 0.2) is 71.0 Å². The van der Waals surface area contributed by atoms with E-state index in [2.05, 4.69) is 0 Å². The van der Waals surface area contributed by atoms with Crippen molar-refractivity contribution in [3.63, 3.8) is 0 Å². The number of aliphatic hydroxyl groups excluding tert-OH is 1. The Morgan fingerprint density at radius 3 is 2.24 bits per heavy atom. The first kappa shape index (κ1) is 22.2.